The van der Waals surface area contributed by atoms with E-state index in [0.717, 1.165) is 41.9 Å². The number of aliphatic hydroxyl groups is 1. The lowest BCUT2D eigenvalue weighted by molar-refractivity contribution is -0.0260. The van der Waals surface area contributed by atoms with Crippen LogP contribution in [-0.4, -0.2) is 12.2 Å². The standard InChI is InChI=1S/C22H34O2/c1-3-4-17-5-7-18(8-6-17)19-13-15-22(23,16-14-19)20-9-11-21(24-2)12-10-20/h9-12,17-19,23H,3-8,13-16H2,1-2H3/t17?,18?,19-,22+. The highest BCUT2D eigenvalue weighted by molar-refractivity contribution is 5.31. The molecule has 24 heavy (non-hydrogen) atoms. The highest BCUT2D eigenvalue weighted by Crippen LogP contribution is 2.46. The molecule has 1 N–H and O–H groups in total. The molecule has 0 heterocycles. The first-order chi connectivity index (χ1) is 11.6. The van der Waals surface area contributed by atoms with Gasteiger partial charge in [-0.25, -0.2) is 0 Å². The molecule has 0 saturated heterocycles. The number of hydrogen-bond acceptors (Lipinski definition) is 2. The van der Waals surface area contributed by atoms with Crippen LogP contribution in [0.25, 0.3) is 0 Å². The van der Waals surface area contributed by atoms with Gasteiger partial charge in [0.15, 0.2) is 0 Å². The number of rotatable bonds is 5. The molecule has 1 aromatic rings. The van der Waals surface area contributed by atoms with Crippen LogP contribution >= 0.6 is 0 Å². The van der Waals surface area contributed by atoms with E-state index < -0.39 is 5.60 Å². The molecule has 1 aromatic carbocycles. The Balaban J connectivity index is 1.53. The second-order valence-corrected chi connectivity index (χ2v) is 8.17. The minimum absolute atomic E-state index is 0.623. The Morgan fingerprint density at radius 2 is 1.54 bits per heavy atom. The first-order valence-electron chi connectivity index (χ1n) is 10.0. The van der Waals surface area contributed by atoms with E-state index in [1.54, 1.807) is 7.11 Å². The van der Waals surface area contributed by atoms with Gasteiger partial charge in [-0.2, -0.15) is 0 Å². The maximum atomic E-state index is 11.1. The van der Waals surface area contributed by atoms with Crippen LogP contribution in [0.1, 0.15) is 76.7 Å². The summed E-state index contributed by atoms with van der Waals surface area (Å²) in [5, 5.41) is 11.1. The molecule has 0 aromatic heterocycles. The van der Waals surface area contributed by atoms with E-state index in [9.17, 15) is 5.11 Å². The quantitative estimate of drug-likeness (QED) is 0.752. The minimum Gasteiger partial charge on any atom is -0.497 e. The second-order valence-electron chi connectivity index (χ2n) is 8.17. The molecule has 0 radical (unpaired) electrons. The predicted octanol–water partition coefficient (Wildman–Crippen LogP) is 5.68. The summed E-state index contributed by atoms with van der Waals surface area (Å²) in [6.45, 7) is 2.31. The Kier molecular flexibility index (Phi) is 5.86. The van der Waals surface area contributed by atoms with Crippen LogP contribution in [0.15, 0.2) is 24.3 Å². The fourth-order valence-electron chi connectivity index (χ4n) is 5.14. The van der Waals surface area contributed by atoms with Crippen molar-refractivity contribution >= 4 is 0 Å². The lowest BCUT2D eigenvalue weighted by atomic mass is 9.66. The molecule has 0 bridgehead atoms. The van der Waals surface area contributed by atoms with Crippen LogP contribution in [0.2, 0.25) is 0 Å². The second kappa shape index (κ2) is 7.91. The van der Waals surface area contributed by atoms with Crippen molar-refractivity contribution in [3.8, 4) is 5.75 Å². The van der Waals surface area contributed by atoms with Crippen LogP contribution in [0.5, 0.6) is 5.75 Å². The zero-order valence-corrected chi connectivity index (χ0v) is 15.5. The Bertz CT molecular complexity index is 491. The van der Waals surface area contributed by atoms with Crippen molar-refractivity contribution in [2.45, 2.75) is 76.7 Å². The highest BCUT2D eigenvalue weighted by atomic mass is 16.5. The van der Waals surface area contributed by atoms with Gasteiger partial charge in [-0.05, 0) is 74.0 Å². The first-order valence-corrected chi connectivity index (χ1v) is 10.0. The van der Waals surface area contributed by atoms with E-state index in [0.29, 0.717) is 0 Å². The van der Waals surface area contributed by atoms with Gasteiger partial charge in [0.25, 0.3) is 0 Å². The summed E-state index contributed by atoms with van der Waals surface area (Å²) in [6.07, 6.45) is 12.7. The van der Waals surface area contributed by atoms with Crippen molar-refractivity contribution in [2.24, 2.45) is 17.8 Å². The van der Waals surface area contributed by atoms with E-state index >= 15 is 0 Å². The Hall–Kier alpha value is -1.02. The molecule has 2 fully saturated rings. The Morgan fingerprint density at radius 1 is 0.958 bits per heavy atom. The fourth-order valence-corrected chi connectivity index (χ4v) is 5.14. The van der Waals surface area contributed by atoms with E-state index in [1.807, 2.05) is 24.3 Å². The molecule has 2 aliphatic rings. The van der Waals surface area contributed by atoms with Gasteiger partial charge in [0.05, 0.1) is 12.7 Å². The lowest BCUT2D eigenvalue weighted by Crippen LogP contribution is -2.34. The average Bonchev–Trinajstić information content (AvgIpc) is 2.63. The van der Waals surface area contributed by atoms with E-state index in [-0.39, 0.29) is 0 Å². The summed E-state index contributed by atoms with van der Waals surface area (Å²) >= 11 is 0. The summed E-state index contributed by atoms with van der Waals surface area (Å²) in [5.41, 5.74) is 0.441. The van der Waals surface area contributed by atoms with Gasteiger partial charge in [-0.3, -0.25) is 0 Å². The fraction of sp³-hybridized carbons (Fsp3) is 0.727. The normalized spacial score (nSPS) is 34.0. The maximum Gasteiger partial charge on any atom is 0.118 e. The van der Waals surface area contributed by atoms with Crippen LogP contribution in [0.4, 0.5) is 0 Å². The minimum atomic E-state index is -0.623. The third-order valence-electron chi connectivity index (χ3n) is 6.74. The van der Waals surface area contributed by atoms with Gasteiger partial charge >= 0.3 is 0 Å². The van der Waals surface area contributed by atoms with Crippen molar-refractivity contribution in [2.75, 3.05) is 7.11 Å². The topological polar surface area (TPSA) is 29.5 Å². The number of hydrogen-bond donors (Lipinski definition) is 1. The van der Waals surface area contributed by atoms with Crippen LogP contribution < -0.4 is 4.74 Å². The Labute approximate surface area is 147 Å². The molecule has 2 heteroatoms. The van der Waals surface area contributed by atoms with E-state index in [4.69, 9.17) is 4.74 Å². The number of benzene rings is 1. The number of ether oxygens (including phenoxy) is 1. The Morgan fingerprint density at radius 3 is 2.08 bits per heavy atom. The maximum absolute atomic E-state index is 11.1. The molecular weight excluding hydrogens is 296 g/mol. The summed E-state index contributed by atoms with van der Waals surface area (Å²) in [5.74, 6) is 3.61. The molecule has 0 unspecified atom stereocenters. The third-order valence-corrected chi connectivity index (χ3v) is 6.74. The SMILES string of the molecule is CCCC1CCC([C@H]2CC[C@](O)(c3ccc(OC)cc3)CC2)CC1. The smallest absolute Gasteiger partial charge is 0.118 e. The van der Waals surface area contributed by atoms with Crippen LogP contribution in [0.3, 0.4) is 0 Å². The summed E-state index contributed by atoms with van der Waals surface area (Å²) in [6, 6.07) is 8.01. The predicted molar refractivity (Wildman–Crippen MR) is 99.2 cm³/mol. The zero-order valence-electron chi connectivity index (χ0n) is 15.5. The molecular formula is C22H34O2. The van der Waals surface area contributed by atoms with Crippen molar-refractivity contribution < 1.29 is 9.84 Å². The van der Waals surface area contributed by atoms with Crippen LogP contribution in [-0.2, 0) is 5.60 Å². The van der Waals surface area contributed by atoms with Crippen LogP contribution in [0, 0.1) is 17.8 Å². The first kappa shape index (κ1) is 17.8. The molecule has 2 saturated carbocycles. The van der Waals surface area contributed by atoms with Crippen molar-refractivity contribution in [1.82, 2.24) is 0 Å². The molecule has 0 spiro atoms. The van der Waals surface area contributed by atoms with Crippen molar-refractivity contribution in [3.63, 3.8) is 0 Å². The largest absolute Gasteiger partial charge is 0.497 e. The monoisotopic (exact) mass is 330 g/mol. The molecule has 2 aliphatic carbocycles. The zero-order chi connectivity index (χ0) is 17.0. The summed E-state index contributed by atoms with van der Waals surface area (Å²) in [4.78, 5) is 0. The van der Waals surface area contributed by atoms with Gasteiger partial charge in [0, 0.05) is 0 Å². The van der Waals surface area contributed by atoms with E-state index in [2.05, 4.69) is 6.92 Å². The van der Waals surface area contributed by atoms with Gasteiger partial charge < -0.3 is 9.84 Å². The van der Waals surface area contributed by atoms with Crippen molar-refractivity contribution in [3.05, 3.63) is 29.8 Å². The average molecular weight is 331 g/mol. The lowest BCUT2D eigenvalue weighted by Gasteiger charge is -2.41. The molecule has 134 valence electrons. The van der Waals surface area contributed by atoms with Gasteiger partial charge in [-0.15, -0.1) is 0 Å². The number of methoxy groups -OCH3 is 1. The van der Waals surface area contributed by atoms with Gasteiger partial charge in [0.1, 0.15) is 5.75 Å². The van der Waals surface area contributed by atoms with Gasteiger partial charge in [-0.1, -0.05) is 44.7 Å². The molecule has 3 rings (SSSR count). The molecule has 2 nitrogen and oxygen atoms in total. The molecule has 0 atom stereocenters. The highest BCUT2D eigenvalue weighted by Gasteiger charge is 2.38. The summed E-state index contributed by atoms with van der Waals surface area (Å²) < 4.78 is 5.23. The summed E-state index contributed by atoms with van der Waals surface area (Å²) in [7, 11) is 1.68. The van der Waals surface area contributed by atoms with Gasteiger partial charge in [0.2, 0.25) is 0 Å². The molecule has 0 aliphatic heterocycles. The van der Waals surface area contributed by atoms with E-state index in [1.165, 1.54) is 51.4 Å². The molecule has 0 amide bonds. The third kappa shape index (κ3) is 3.96. The van der Waals surface area contributed by atoms with Crippen molar-refractivity contribution in [1.29, 1.82) is 0 Å².